The first-order valence-electron chi connectivity index (χ1n) is 5.43. The molecular formula is C11H12N2O4S2. The normalized spacial score (nSPS) is 21.5. The van der Waals surface area contributed by atoms with Gasteiger partial charge in [0.2, 0.25) is 14.6 Å². The van der Waals surface area contributed by atoms with Gasteiger partial charge in [-0.3, -0.25) is 4.90 Å². The second kappa shape index (κ2) is 4.86. The largest absolute Gasteiger partial charge is 0.480 e. The van der Waals surface area contributed by atoms with E-state index >= 15 is 0 Å². The molecule has 102 valence electrons. The number of aliphatic carboxylic acids is 1. The Kier molecular flexibility index (Phi) is 3.55. The molecule has 1 aliphatic rings. The summed E-state index contributed by atoms with van der Waals surface area (Å²) >= 11 is 1.02. The summed E-state index contributed by atoms with van der Waals surface area (Å²) in [5.74, 6) is -0.768. The quantitative estimate of drug-likeness (QED) is 0.809. The first-order valence-corrected chi connectivity index (χ1v) is 7.32. The van der Waals surface area contributed by atoms with Gasteiger partial charge in [0.1, 0.15) is 11.9 Å². The van der Waals surface area contributed by atoms with Crippen molar-refractivity contribution in [3.63, 3.8) is 0 Å². The highest BCUT2D eigenvalue weighted by atomic mass is 32.2. The minimum atomic E-state index is -2.50. The molecule has 8 heteroatoms. The molecule has 0 aromatic carbocycles. The van der Waals surface area contributed by atoms with Crippen LogP contribution in [-0.2, 0) is 15.1 Å². The number of rotatable bonds is 2. The third-order valence-corrected chi connectivity index (χ3v) is 5.00. The van der Waals surface area contributed by atoms with E-state index in [1.165, 1.54) is 11.1 Å². The van der Waals surface area contributed by atoms with E-state index in [1.807, 2.05) is 0 Å². The van der Waals surface area contributed by atoms with Crippen LogP contribution in [0.4, 0.5) is 5.82 Å². The summed E-state index contributed by atoms with van der Waals surface area (Å²) in [6.07, 6.45) is 1.50. The van der Waals surface area contributed by atoms with Crippen LogP contribution in [-0.4, -0.2) is 39.6 Å². The average molecular weight is 300 g/mol. The molecule has 0 amide bonds. The molecule has 1 fully saturated rings. The number of carboxylic acids is 1. The first-order chi connectivity index (χ1) is 8.84. The number of anilines is 1. The predicted molar refractivity (Wildman–Crippen MR) is 73.7 cm³/mol. The molecule has 0 radical (unpaired) electrons. The lowest BCUT2D eigenvalue weighted by Gasteiger charge is -2.27. The van der Waals surface area contributed by atoms with E-state index in [9.17, 15) is 18.3 Å². The number of pyridine rings is 1. The monoisotopic (exact) mass is 300 g/mol. The fraction of sp³-hybridized carbons (Fsp3) is 0.364. The molecule has 1 aromatic rings. The van der Waals surface area contributed by atoms with Crippen molar-refractivity contribution in [3.05, 3.63) is 24.4 Å². The van der Waals surface area contributed by atoms with E-state index in [0.717, 1.165) is 11.8 Å². The van der Waals surface area contributed by atoms with Crippen molar-refractivity contribution in [2.24, 2.45) is 0 Å². The third-order valence-electron chi connectivity index (χ3n) is 2.74. The van der Waals surface area contributed by atoms with Gasteiger partial charge in [-0.25, -0.2) is 9.78 Å². The summed E-state index contributed by atoms with van der Waals surface area (Å²) in [5.41, 5.74) is 0. The number of thioether (sulfide) groups is 1. The van der Waals surface area contributed by atoms with Crippen molar-refractivity contribution in [1.82, 2.24) is 4.98 Å². The standard InChI is InChI=1S/C11H12N2O4S2/c1-11(2)8(9(14)15)13(10(18-11)19(16)17)7-5-3-4-6-12-7/h3-6,8H,1-2H3,(H,14,15). The maximum absolute atomic E-state index is 11.5. The molecule has 19 heavy (non-hydrogen) atoms. The zero-order chi connectivity index (χ0) is 14.2. The Labute approximate surface area is 116 Å². The Morgan fingerprint density at radius 3 is 2.63 bits per heavy atom. The first kappa shape index (κ1) is 13.9. The molecule has 1 unspecified atom stereocenters. The highest BCUT2D eigenvalue weighted by molar-refractivity contribution is 8.23. The maximum atomic E-state index is 11.5. The smallest absolute Gasteiger partial charge is 0.328 e. The second-order valence-electron chi connectivity index (χ2n) is 4.50. The topological polar surface area (TPSA) is 87.6 Å². The second-order valence-corrected chi connectivity index (χ2v) is 7.26. The lowest BCUT2D eigenvalue weighted by atomic mass is 10.0. The lowest BCUT2D eigenvalue weighted by Crippen LogP contribution is -2.47. The van der Waals surface area contributed by atoms with Gasteiger partial charge in [-0.2, -0.15) is 8.42 Å². The summed E-state index contributed by atoms with van der Waals surface area (Å²) in [7, 11) is -2.50. The summed E-state index contributed by atoms with van der Waals surface area (Å²) < 4.78 is 21.9. The van der Waals surface area contributed by atoms with E-state index in [1.54, 1.807) is 32.0 Å². The van der Waals surface area contributed by atoms with Gasteiger partial charge in [-0.15, -0.1) is 0 Å². The van der Waals surface area contributed by atoms with Crippen LogP contribution < -0.4 is 4.90 Å². The fourth-order valence-corrected chi connectivity index (χ4v) is 4.33. The van der Waals surface area contributed by atoms with Crippen molar-refractivity contribution >= 4 is 38.2 Å². The van der Waals surface area contributed by atoms with E-state index in [2.05, 4.69) is 4.98 Å². The number of aromatic nitrogens is 1. The summed E-state index contributed by atoms with van der Waals surface area (Å²) in [4.78, 5) is 16.8. The summed E-state index contributed by atoms with van der Waals surface area (Å²) in [6.45, 7) is 3.40. The Morgan fingerprint density at radius 2 is 2.16 bits per heavy atom. The van der Waals surface area contributed by atoms with Crippen LogP contribution in [0.25, 0.3) is 0 Å². The van der Waals surface area contributed by atoms with Gasteiger partial charge in [-0.05, 0) is 26.0 Å². The van der Waals surface area contributed by atoms with E-state index in [-0.39, 0.29) is 4.32 Å². The molecule has 0 spiro atoms. The summed E-state index contributed by atoms with van der Waals surface area (Å²) in [5, 5.41) is 9.38. The predicted octanol–water partition coefficient (Wildman–Crippen LogP) is 0.833. The molecule has 0 aliphatic carbocycles. The zero-order valence-corrected chi connectivity index (χ0v) is 11.9. The molecule has 6 nitrogen and oxygen atoms in total. The van der Waals surface area contributed by atoms with Crippen LogP contribution in [0.15, 0.2) is 24.4 Å². The Bertz CT molecular complexity index is 632. The van der Waals surface area contributed by atoms with Gasteiger partial charge in [0.25, 0.3) is 0 Å². The van der Waals surface area contributed by atoms with Crippen LogP contribution in [0.5, 0.6) is 0 Å². The third kappa shape index (κ3) is 2.45. The molecular weight excluding hydrogens is 288 g/mol. The molecule has 2 rings (SSSR count). The van der Waals surface area contributed by atoms with Gasteiger partial charge in [0.05, 0.1) is 0 Å². The van der Waals surface area contributed by atoms with Crippen molar-refractivity contribution in [1.29, 1.82) is 0 Å². The van der Waals surface area contributed by atoms with E-state index in [4.69, 9.17) is 0 Å². The molecule has 1 aliphatic heterocycles. The van der Waals surface area contributed by atoms with Crippen molar-refractivity contribution < 1.29 is 18.3 Å². The van der Waals surface area contributed by atoms with E-state index < -0.39 is 27.1 Å². The number of hydrogen-bond donors (Lipinski definition) is 1. The highest BCUT2D eigenvalue weighted by Gasteiger charge is 2.51. The average Bonchev–Trinajstić information content (AvgIpc) is 2.62. The fourth-order valence-electron chi connectivity index (χ4n) is 1.99. The molecule has 1 saturated heterocycles. The number of carbonyl (C=O) groups is 1. The zero-order valence-electron chi connectivity index (χ0n) is 10.3. The van der Waals surface area contributed by atoms with Crippen molar-refractivity contribution in [2.75, 3.05) is 4.90 Å². The van der Waals surface area contributed by atoms with Gasteiger partial charge in [0, 0.05) is 10.9 Å². The minimum Gasteiger partial charge on any atom is -0.480 e. The van der Waals surface area contributed by atoms with Gasteiger partial charge in [0.15, 0.2) is 0 Å². The highest BCUT2D eigenvalue weighted by Crippen LogP contribution is 2.42. The van der Waals surface area contributed by atoms with Crippen LogP contribution in [0.3, 0.4) is 0 Å². The molecule has 0 bridgehead atoms. The Hall–Kier alpha value is -1.54. The lowest BCUT2D eigenvalue weighted by molar-refractivity contribution is -0.138. The minimum absolute atomic E-state index is 0.0175. The Morgan fingerprint density at radius 1 is 1.47 bits per heavy atom. The summed E-state index contributed by atoms with van der Waals surface area (Å²) in [6, 6.07) is 3.97. The number of carboxylic acid groups (broad SMARTS) is 1. The van der Waals surface area contributed by atoms with Gasteiger partial charge < -0.3 is 5.11 Å². The van der Waals surface area contributed by atoms with Gasteiger partial charge in [-0.1, -0.05) is 17.8 Å². The number of nitrogens with zero attached hydrogens (tertiary/aromatic N) is 2. The number of hydrogen-bond acceptors (Lipinski definition) is 5. The molecule has 0 saturated carbocycles. The van der Waals surface area contributed by atoms with Crippen LogP contribution in [0, 0.1) is 0 Å². The van der Waals surface area contributed by atoms with Crippen LogP contribution >= 0.6 is 11.8 Å². The van der Waals surface area contributed by atoms with Crippen LogP contribution in [0.1, 0.15) is 13.8 Å². The van der Waals surface area contributed by atoms with E-state index in [0.29, 0.717) is 5.82 Å². The van der Waals surface area contributed by atoms with Crippen LogP contribution in [0.2, 0.25) is 0 Å². The SMILES string of the molecule is CC1(C)SC(=S(=O)=O)N(c2ccccn2)C1C(=O)O. The molecule has 1 N–H and O–H groups in total. The Balaban J connectivity index is 2.64. The molecule has 1 aromatic heterocycles. The van der Waals surface area contributed by atoms with Gasteiger partial charge >= 0.3 is 5.97 Å². The van der Waals surface area contributed by atoms with Crippen molar-refractivity contribution in [2.45, 2.75) is 24.6 Å². The maximum Gasteiger partial charge on any atom is 0.328 e. The molecule has 2 heterocycles. The van der Waals surface area contributed by atoms with Crippen molar-refractivity contribution in [3.8, 4) is 0 Å². The molecule has 1 atom stereocenters.